The number of hydrogen-bond acceptors (Lipinski definition) is 2. The molecule has 1 aromatic carbocycles. The first-order valence-electron chi connectivity index (χ1n) is 5.20. The summed E-state index contributed by atoms with van der Waals surface area (Å²) in [5.41, 5.74) is 3.70. The molecule has 0 heterocycles. The third kappa shape index (κ3) is 4.08. The fraction of sp³-hybridized carbons (Fsp3) is 0.462. The molecule has 0 aliphatic carbocycles. The summed E-state index contributed by atoms with van der Waals surface area (Å²) < 4.78 is 0. The molecule has 82 valence electrons. The third-order valence-electron chi connectivity index (χ3n) is 2.56. The van der Waals surface area contributed by atoms with E-state index in [2.05, 4.69) is 32.0 Å². The van der Waals surface area contributed by atoms with Crippen LogP contribution >= 0.6 is 11.8 Å². The normalized spacial score (nSPS) is 10.3. The van der Waals surface area contributed by atoms with Crippen molar-refractivity contribution in [2.75, 3.05) is 12.0 Å². The molecule has 1 aromatic rings. The van der Waals surface area contributed by atoms with Crippen molar-refractivity contribution in [1.82, 2.24) is 0 Å². The Balaban J connectivity index is 2.57. The summed E-state index contributed by atoms with van der Waals surface area (Å²) in [6.45, 7) is 4.18. The summed E-state index contributed by atoms with van der Waals surface area (Å²) in [4.78, 5) is 11.6. The van der Waals surface area contributed by atoms with Crippen molar-refractivity contribution in [1.29, 1.82) is 0 Å². The minimum atomic E-state index is 0.340. The fourth-order valence-corrected chi connectivity index (χ4v) is 1.88. The zero-order chi connectivity index (χ0) is 11.3. The molecule has 1 nitrogen and oxygen atoms in total. The zero-order valence-corrected chi connectivity index (χ0v) is 10.5. The number of rotatable bonds is 5. The number of carbonyl (C=O) groups excluding carboxylic acids is 1. The van der Waals surface area contributed by atoms with Crippen molar-refractivity contribution in [2.45, 2.75) is 26.7 Å². The molecular weight excluding hydrogens is 204 g/mol. The van der Waals surface area contributed by atoms with E-state index >= 15 is 0 Å². The second-order valence-electron chi connectivity index (χ2n) is 3.88. The molecule has 2 heteroatoms. The third-order valence-corrected chi connectivity index (χ3v) is 3.17. The van der Waals surface area contributed by atoms with Gasteiger partial charge < -0.3 is 0 Å². The van der Waals surface area contributed by atoms with E-state index in [1.165, 1.54) is 11.1 Å². The smallest absolute Gasteiger partial charge is 0.138 e. The minimum absolute atomic E-state index is 0.340. The molecule has 1 rings (SSSR count). The van der Waals surface area contributed by atoms with Gasteiger partial charge in [0.2, 0.25) is 0 Å². The van der Waals surface area contributed by atoms with Gasteiger partial charge in [0.15, 0.2) is 0 Å². The molecule has 0 aliphatic heterocycles. The van der Waals surface area contributed by atoms with Crippen molar-refractivity contribution in [3.05, 3.63) is 34.9 Å². The maximum Gasteiger partial charge on any atom is 0.138 e. The van der Waals surface area contributed by atoms with Crippen molar-refractivity contribution in [2.24, 2.45) is 0 Å². The maximum atomic E-state index is 11.6. The molecule has 0 aliphatic rings. The van der Waals surface area contributed by atoms with Crippen molar-refractivity contribution in [3.8, 4) is 0 Å². The van der Waals surface area contributed by atoms with Gasteiger partial charge in [-0.1, -0.05) is 18.2 Å². The van der Waals surface area contributed by atoms with E-state index in [0.717, 1.165) is 11.3 Å². The van der Waals surface area contributed by atoms with Gasteiger partial charge in [0, 0.05) is 12.8 Å². The lowest BCUT2D eigenvalue weighted by atomic mass is 10.0. The Morgan fingerprint density at radius 3 is 2.60 bits per heavy atom. The molecule has 0 atom stereocenters. The Kier molecular flexibility index (Phi) is 4.89. The predicted octanol–water partition coefficient (Wildman–Crippen LogP) is 3.17. The molecule has 0 fully saturated rings. The molecule has 0 spiro atoms. The predicted molar refractivity (Wildman–Crippen MR) is 67.6 cm³/mol. The summed E-state index contributed by atoms with van der Waals surface area (Å²) in [6.07, 6.45) is 3.30. The van der Waals surface area contributed by atoms with Crippen LogP contribution < -0.4 is 0 Å². The SMILES string of the molecule is CSCCC(=O)Cc1ccc(C)c(C)c1. The Labute approximate surface area is 96.3 Å². The number of hydrogen-bond donors (Lipinski definition) is 0. The summed E-state index contributed by atoms with van der Waals surface area (Å²) in [5, 5.41) is 0. The lowest BCUT2D eigenvalue weighted by Crippen LogP contribution is -2.04. The van der Waals surface area contributed by atoms with Gasteiger partial charge in [0.1, 0.15) is 5.78 Å². The van der Waals surface area contributed by atoms with E-state index in [4.69, 9.17) is 0 Å². The Morgan fingerprint density at radius 1 is 1.27 bits per heavy atom. The van der Waals surface area contributed by atoms with Crippen LogP contribution in [0.25, 0.3) is 0 Å². The van der Waals surface area contributed by atoms with Gasteiger partial charge in [-0.25, -0.2) is 0 Å². The van der Waals surface area contributed by atoms with E-state index in [1.807, 2.05) is 6.26 Å². The summed E-state index contributed by atoms with van der Waals surface area (Å²) in [7, 11) is 0. The molecule has 0 radical (unpaired) electrons. The topological polar surface area (TPSA) is 17.1 Å². The number of benzene rings is 1. The van der Waals surface area contributed by atoms with E-state index in [-0.39, 0.29) is 0 Å². The highest BCUT2D eigenvalue weighted by atomic mass is 32.2. The van der Waals surface area contributed by atoms with Crippen LogP contribution in [-0.4, -0.2) is 17.8 Å². The summed E-state index contributed by atoms with van der Waals surface area (Å²) in [5.74, 6) is 1.27. The number of ketones is 1. The second-order valence-corrected chi connectivity index (χ2v) is 4.86. The van der Waals surface area contributed by atoms with Gasteiger partial charge in [-0.2, -0.15) is 11.8 Å². The van der Waals surface area contributed by atoms with Crippen LogP contribution in [0.15, 0.2) is 18.2 Å². The largest absolute Gasteiger partial charge is 0.299 e. The first-order chi connectivity index (χ1) is 7.13. The molecule has 0 saturated heterocycles. The number of thioether (sulfide) groups is 1. The Bertz CT molecular complexity index is 344. The lowest BCUT2D eigenvalue weighted by molar-refractivity contribution is -0.118. The highest BCUT2D eigenvalue weighted by molar-refractivity contribution is 7.98. The van der Waals surface area contributed by atoms with Gasteiger partial charge in [-0.3, -0.25) is 4.79 Å². The van der Waals surface area contributed by atoms with Gasteiger partial charge in [0.25, 0.3) is 0 Å². The van der Waals surface area contributed by atoms with Crippen LogP contribution in [0, 0.1) is 13.8 Å². The van der Waals surface area contributed by atoms with E-state index in [0.29, 0.717) is 18.6 Å². The van der Waals surface area contributed by atoms with Gasteiger partial charge >= 0.3 is 0 Å². The van der Waals surface area contributed by atoms with Crippen molar-refractivity contribution in [3.63, 3.8) is 0 Å². The monoisotopic (exact) mass is 222 g/mol. The molecule has 0 saturated carbocycles. The first-order valence-corrected chi connectivity index (χ1v) is 6.59. The van der Waals surface area contributed by atoms with Crippen LogP contribution in [0.3, 0.4) is 0 Å². The quantitative estimate of drug-likeness (QED) is 0.761. The fourth-order valence-electron chi connectivity index (χ4n) is 1.45. The minimum Gasteiger partial charge on any atom is -0.299 e. The maximum absolute atomic E-state index is 11.6. The number of aryl methyl sites for hydroxylation is 2. The van der Waals surface area contributed by atoms with Crippen LogP contribution in [0.5, 0.6) is 0 Å². The second kappa shape index (κ2) is 5.96. The highest BCUT2D eigenvalue weighted by Crippen LogP contribution is 2.11. The molecule has 0 N–H and O–H groups in total. The standard InChI is InChI=1S/C13H18OS/c1-10-4-5-12(8-11(10)2)9-13(14)6-7-15-3/h4-5,8H,6-7,9H2,1-3H3. The lowest BCUT2D eigenvalue weighted by Gasteiger charge is -2.04. The van der Waals surface area contributed by atoms with E-state index in [1.54, 1.807) is 11.8 Å². The van der Waals surface area contributed by atoms with Gasteiger partial charge in [0.05, 0.1) is 0 Å². The van der Waals surface area contributed by atoms with Crippen LogP contribution in [0.2, 0.25) is 0 Å². The van der Waals surface area contributed by atoms with Crippen LogP contribution in [0.4, 0.5) is 0 Å². The molecule has 15 heavy (non-hydrogen) atoms. The van der Waals surface area contributed by atoms with E-state index < -0.39 is 0 Å². The molecule has 0 bridgehead atoms. The number of Topliss-reactive ketones (excluding diaryl/α,β-unsaturated/α-hetero) is 1. The van der Waals surface area contributed by atoms with Crippen LogP contribution in [0.1, 0.15) is 23.1 Å². The summed E-state index contributed by atoms with van der Waals surface area (Å²) in [6, 6.07) is 6.26. The summed E-state index contributed by atoms with van der Waals surface area (Å²) >= 11 is 1.73. The van der Waals surface area contributed by atoms with Gasteiger partial charge in [-0.05, 0) is 42.5 Å². The Morgan fingerprint density at radius 2 is 2.00 bits per heavy atom. The average Bonchev–Trinajstić information content (AvgIpc) is 2.20. The Hall–Kier alpha value is -0.760. The zero-order valence-electron chi connectivity index (χ0n) is 9.67. The van der Waals surface area contributed by atoms with E-state index in [9.17, 15) is 4.79 Å². The molecule has 0 aromatic heterocycles. The molecule has 0 unspecified atom stereocenters. The van der Waals surface area contributed by atoms with Crippen LogP contribution in [-0.2, 0) is 11.2 Å². The molecular formula is C13H18OS. The average molecular weight is 222 g/mol. The van der Waals surface area contributed by atoms with Gasteiger partial charge in [-0.15, -0.1) is 0 Å². The van der Waals surface area contributed by atoms with Crippen molar-refractivity contribution >= 4 is 17.5 Å². The van der Waals surface area contributed by atoms with Crippen molar-refractivity contribution < 1.29 is 4.79 Å². The first kappa shape index (κ1) is 12.3. The molecule has 0 amide bonds. The number of carbonyl (C=O) groups is 1. The highest BCUT2D eigenvalue weighted by Gasteiger charge is 2.04.